The van der Waals surface area contributed by atoms with Gasteiger partial charge in [-0.05, 0) is 93.4 Å². The van der Waals surface area contributed by atoms with Crippen molar-refractivity contribution in [1.29, 1.82) is 0 Å². The molecule has 0 bridgehead atoms. The zero-order chi connectivity index (χ0) is 28.8. The molecule has 0 saturated heterocycles. The maximum absolute atomic E-state index is 12.5. The van der Waals surface area contributed by atoms with Crippen LogP contribution < -0.4 is 15.2 Å². The molecule has 0 saturated carbocycles. The first-order valence-electron chi connectivity index (χ1n) is 12.1. The summed E-state index contributed by atoms with van der Waals surface area (Å²) in [5, 5.41) is 0. The molecule has 0 aliphatic heterocycles. The highest BCUT2D eigenvalue weighted by Gasteiger charge is 2.29. The van der Waals surface area contributed by atoms with Crippen molar-refractivity contribution in [3.63, 3.8) is 0 Å². The summed E-state index contributed by atoms with van der Waals surface area (Å²) in [6.45, 7) is 16.6. The van der Waals surface area contributed by atoms with E-state index >= 15 is 0 Å². The maximum Gasteiger partial charge on any atom is 0.509 e. The Morgan fingerprint density at radius 3 is 1.84 bits per heavy atom. The standard InChI is InChI=1S/C27H41NO9/c1-16(34-24(32)37-27(8,9)10)15-33-21(29)18(28)13-17-11-12-19(35-22(30)25(2,3)4)20(14-17)36-23(31)26(5,6)7/h11-12,14,16,18H,13,15,28H2,1-10H3/t16-,18-/m0/s1. The lowest BCUT2D eigenvalue weighted by atomic mass is 9.97. The van der Waals surface area contributed by atoms with Crippen LogP contribution in [0.4, 0.5) is 4.79 Å². The van der Waals surface area contributed by atoms with Gasteiger partial charge in [0.2, 0.25) is 0 Å². The van der Waals surface area contributed by atoms with E-state index in [0.29, 0.717) is 5.56 Å². The van der Waals surface area contributed by atoms with E-state index in [-0.39, 0.29) is 24.5 Å². The third-order valence-electron chi connectivity index (χ3n) is 4.54. The molecular weight excluding hydrogens is 482 g/mol. The van der Waals surface area contributed by atoms with Gasteiger partial charge in [0.15, 0.2) is 11.5 Å². The van der Waals surface area contributed by atoms with Crippen LogP contribution in [0.5, 0.6) is 11.5 Å². The summed E-state index contributed by atoms with van der Waals surface area (Å²) in [5.74, 6) is -1.63. The lowest BCUT2D eigenvalue weighted by Gasteiger charge is -2.21. The molecule has 10 nitrogen and oxygen atoms in total. The molecule has 0 heterocycles. The first kappa shape index (κ1) is 31.9. The molecule has 0 aliphatic carbocycles. The second-order valence-electron chi connectivity index (χ2n) is 11.9. The van der Waals surface area contributed by atoms with Crippen LogP contribution in [0.15, 0.2) is 18.2 Å². The predicted molar refractivity (Wildman–Crippen MR) is 136 cm³/mol. The van der Waals surface area contributed by atoms with Gasteiger partial charge >= 0.3 is 24.1 Å². The van der Waals surface area contributed by atoms with E-state index in [1.54, 1.807) is 75.3 Å². The van der Waals surface area contributed by atoms with Crippen LogP contribution in [0.2, 0.25) is 0 Å². The summed E-state index contributed by atoms with van der Waals surface area (Å²) in [4.78, 5) is 49.0. The van der Waals surface area contributed by atoms with Crippen molar-refractivity contribution in [2.45, 2.75) is 93.4 Å². The van der Waals surface area contributed by atoms with Crippen LogP contribution in [-0.2, 0) is 35.0 Å². The van der Waals surface area contributed by atoms with Gasteiger partial charge in [0.25, 0.3) is 0 Å². The predicted octanol–water partition coefficient (Wildman–Crippen LogP) is 4.34. The molecule has 0 aromatic heterocycles. The largest absolute Gasteiger partial charge is 0.509 e. The fraction of sp³-hybridized carbons (Fsp3) is 0.630. The number of hydrogen-bond acceptors (Lipinski definition) is 10. The minimum atomic E-state index is -1.05. The first-order chi connectivity index (χ1) is 16.7. The van der Waals surface area contributed by atoms with Gasteiger partial charge in [0, 0.05) is 0 Å². The van der Waals surface area contributed by atoms with Gasteiger partial charge in [-0.3, -0.25) is 14.4 Å². The van der Waals surface area contributed by atoms with Gasteiger partial charge < -0.3 is 29.4 Å². The number of benzene rings is 1. The van der Waals surface area contributed by atoms with Crippen LogP contribution in [0.1, 0.15) is 74.8 Å². The SMILES string of the molecule is C[C@@H](COC(=O)[C@@H](N)Cc1ccc(OC(=O)C(C)(C)C)c(OC(=O)C(C)(C)C)c1)OC(=O)OC(C)(C)C. The summed E-state index contributed by atoms with van der Waals surface area (Å²) in [5.41, 5.74) is 4.27. The number of hydrogen-bond donors (Lipinski definition) is 1. The number of carbonyl (C=O) groups excluding carboxylic acids is 4. The van der Waals surface area contributed by atoms with Crippen LogP contribution >= 0.6 is 0 Å². The number of esters is 3. The second-order valence-corrected chi connectivity index (χ2v) is 11.9. The van der Waals surface area contributed by atoms with Gasteiger partial charge in [-0.25, -0.2) is 4.79 Å². The molecule has 1 aromatic rings. The van der Waals surface area contributed by atoms with Crippen molar-refractivity contribution >= 4 is 24.1 Å². The zero-order valence-electron chi connectivity index (χ0n) is 23.6. The van der Waals surface area contributed by atoms with Gasteiger partial charge in [-0.15, -0.1) is 0 Å². The van der Waals surface area contributed by atoms with Gasteiger partial charge in [0.05, 0.1) is 10.8 Å². The van der Waals surface area contributed by atoms with Crippen molar-refractivity contribution in [3.05, 3.63) is 23.8 Å². The van der Waals surface area contributed by atoms with Gasteiger partial charge in [-0.1, -0.05) is 6.07 Å². The molecular formula is C27H41NO9. The summed E-state index contributed by atoms with van der Waals surface area (Å²) < 4.78 is 26.3. The Hall–Kier alpha value is -3.14. The van der Waals surface area contributed by atoms with Crippen LogP contribution in [0.3, 0.4) is 0 Å². The smallest absolute Gasteiger partial charge is 0.461 e. The van der Waals surface area contributed by atoms with Crippen molar-refractivity contribution in [3.8, 4) is 11.5 Å². The fourth-order valence-corrected chi connectivity index (χ4v) is 2.47. The quantitative estimate of drug-likeness (QED) is 0.386. The van der Waals surface area contributed by atoms with E-state index in [0.717, 1.165) is 0 Å². The molecule has 0 aliphatic rings. The van der Waals surface area contributed by atoms with E-state index in [2.05, 4.69) is 0 Å². The highest BCUT2D eigenvalue weighted by Crippen LogP contribution is 2.33. The minimum Gasteiger partial charge on any atom is -0.461 e. The third-order valence-corrected chi connectivity index (χ3v) is 4.54. The average molecular weight is 524 g/mol. The normalized spacial score (nSPS) is 13.7. The molecule has 0 fully saturated rings. The van der Waals surface area contributed by atoms with Gasteiger partial charge in [-0.2, -0.15) is 0 Å². The Kier molecular flexibility index (Phi) is 10.7. The van der Waals surface area contributed by atoms with E-state index in [1.807, 2.05) is 0 Å². The molecule has 1 aromatic carbocycles. The molecule has 37 heavy (non-hydrogen) atoms. The second kappa shape index (κ2) is 12.4. The number of rotatable bonds is 8. The Morgan fingerprint density at radius 1 is 0.838 bits per heavy atom. The Labute approximate surface area is 219 Å². The van der Waals surface area contributed by atoms with Crippen molar-refractivity contribution in [2.75, 3.05) is 6.61 Å². The highest BCUT2D eigenvalue weighted by atomic mass is 16.7. The molecule has 0 unspecified atom stereocenters. The molecule has 0 spiro atoms. The molecule has 0 radical (unpaired) electrons. The maximum atomic E-state index is 12.5. The summed E-state index contributed by atoms with van der Waals surface area (Å²) >= 11 is 0. The lowest BCUT2D eigenvalue weighted by molar-refractivity contribution is -0.148. The average Bonchev–Trinajstić information content (AvgIpc) is 2.70. The fourth-order valence-electron chi connectivity index (χ4n) is 2.47. The third kappa shape index (κ3) is 11.6. The summed E-state index contributed by atoms with van der Waals surface area (Å²) in [6, 6.07) is 3.54. The van der Waals surface area contributed by atoms with E-state index in [9.17, 15) is 19.2 Å². The van der Waals surface area contributed by atoms with Crippen molar-refractivity contribution < 1.29 is 42.9 Å². The number of nitrogens with two attached hydrogens (primary N) is 1. The first-order valence-corrected chi connectivity index (χ1v) is 12.1. The number of carbonyl (C=O) groups is 4. The van der Waals surface area contributed by atoms with Gasteiger partial charge in [0.1, 0.15) is 24.4 Å². The summed E-state index contributed by atoms with van der Waals surface area (Å²) in [7, 11) is 0. The Bertz CT molecular complexity index is 981. The number of ether oxygens (including phenoxy) is 5. The molecule has 1 rings (SSSR count). The molecule has 2 N–H and O–H groups in total. The van der Waals surface area contributed by atoms with Crippen LogP contribution in [0, 0.1) is 10.8 Å². The Morgan fingerprint density at radius 2 is 1.35 bits per heavy atom. The van der Waals surface area contributed by atoms with E-state index < -0.39 is 52.6 Å². The van der Waals surface area contributed by atoms with E-state index in [1.165, 1.54) is 12.1 Å². The molecule has 10 heteroatoms. The van der Waals surface area contributed by atoms with Crippen LogP contribution in [-0.4, -0.2) is 48.4 Å². The van der Waals surface area contributed by atoms with Crippen LogP contribution in [0.25, 0.3) is 0 Å². The summed E-state index contributed by atoms with van der Waals surface area (Å²) in [6.07, 6.45) is -1.57. The van der Waals surface area contributed by atoms with Crippen molar-refractivity contribution in [2.24, 2.45) is 16.6 Å². The zero-order valence-corrected chi connectivity index (χ0v) is 23.6. The lowest BCUT2D eigenvalue weighted by Crippen LogP contribution is -2.36. The van der Waals surface area contributed by atoms with E-state index in [4.69, 9.17) is 29.4 Å². The minimum absolute atomic E-state index is 0.0370. The van der Waals surface area contributed by atoms with Crippen molar-refractivity contribution in [1.82, 2.24) is 0 Å². The highest BCUT2D eigenvalue weighted by molar-refractivity contribution is 5.81. The molecule has 208 valence electrons. The Balaban J connectivity index is 2.91. The molecule has 2 atom stereocenters. The molecule has 0 amide bonds. The monoisotopic (exact) mass is 523 g/mol. The topological polar surface area (TPSA) is 140 Å².